The summed E-state index contributed by atoms with van der Waals surface area (Å²) >= 11 is 0. The number of hydrogen-bond donors (Lipinski definition) is 1. The lowest BCUT2D eigenvalue weighted by molar-refractivity contribution is -0.137. The molecule has 0 unspecified atom stereocenters. The summed E-state index contributed by atoms with van der Waals surface area (Å²) in [6.07, 6.45) is -3.33. The van der Waals surface area contributed by atoms with E-state index in [1.807, 2.05) is 13.8 Å². The number of sulfonamides is 1. The number of likely N-dealkylation sites (N-methyl/N-ethyl adjacent to an activating group) is 1. The molecule has 2 fully saturated rings. The molecule has 8 nitrogen and oxygen atoms in total. The first-order chi connectivity index (χ1) is 17.4. The molecule has 1 aliphatic heterocycles. The fraction of sp³-hybridized carbons (Fsp3) is 0.692. The Bertz CT molecular complexity index is 1120. The summed E-state index contributed by atoms with van der Waals surface area (Å²) in [5, 5.41) is 3.06. The van der Waals surface area contributed by atoms with Gasteiger partial charge in [-0.05, 0) is 82.1 Å². The Kier molecular flexibility index (Phi) is 8.77. The maximum atomic E-state index is 13.4. The van der Waals surface area contributed by atoms with E-state index in [9.17, 15) is 31.2 Å². The number of alkyl halides is 3. The van der Waals surface area contributed by atoms with Crippen LogP contribution < -0.4 is 5.32 Å². The van der Waals surface area contributed by atoms with Crippen molar-refractivity contribution in [2.45, 2.75) is 82.6 Å². The molecule has 1 N–H and O–H groups in total. The molecule has 0 spiro atoms. The predicted octanol–water partition coefficient (Wildman–Crippen LogP) is 4.50. The number of amides is 2. The minimum absolute atomic E-state index is 0.0247. The van der Waals surface area contributed by atoms with Crippen molar-refractivity contribution in [1.82, 2.24) is 14.5 Å². The van der Waals surface area contributed by atoms with E-state index in [1.165, 1.54) is 16.3 Å². The third-order valence-corrected chi connectivity index (χ3v) is 8.96. The van der Waals surface area contributed by atoms with Crippen LogP contribution in [0.2, 0.25) is 0 Å². The van der Waals surface area contributed by atoms with Crippen LogP contribution in [-0.2, 0) is 25.7 Å². The molecule has 1 aliphatic carbocycles. The number of nitrogens with zero attached hydrogens (tertiary/aromatic N) is 2. The van der Waals surface area contributed by atoms with Crippen LogP contribution in [0.3, 0.4) is 0 Å². The molecule has 38 heavy (non-hydrogen) atoms. The summed E-state index contributed by atoms with van der Waals surface area (Å²) in [7, 11) is -2.45. The van der Waals surface area contributed by atoms with Crippen LogP contribution in [0.1, 0.15) is 59.4 Å². The highest BCUT2D eigenvalue weighted by molar-refractivity contribution is 7.89. The van der Waals surface area contributed by atoms with Gasteiger partial charge in [0.15, 0.2) is 0 Å². The van der Waals surface area contributed by atoms with E-state index in [-0.39, 0.29) is 47.7 Å². The molecule has 1 aromatic rings. The lowest BCUT2D eigenvalue weighted by atomic mass is 9.96. The van der Waals surface area contributed by atoms with Crippen molar-refractivity contribution in [3.63, 3.8) is 0 Å². The first-order valence-electron chi connectivity index (χ1n) is 12.8. The molecule has 12 heteroatoms. The van der Waals surface area contributed by atoms with Gasteiger partial charge >= 0.3 is 12.3 Å². The summed E-state index contributed by atoms with van der Waals surface area (Å²) in [6, 6.07) is 2.47. The average molecular weight is 562 g/mol. The number of nitrogens with one attached hydrogen (secondary N) is 1. The van der Waals surface area contributed by atoms with Crippen molar-refractivity contribution in [1.29, 1.82) is 0 Å². The number of rotatable bonds is 7. The fourth-order valence-corrected chi connectivity index (χ4v) is 6.73. The zero-order valence-electron chi connectivity index (χ0n) is 22.7. The quantitative estimate of drug-likeness (QED) is 0.529. The van der Waals surface area contributed by atoms with E-state index in [1.54, 1.807) is 20.8 Å². The zero-order valence-corrected chi connectivity index (χ0v) is 23.5. The molecule has 1 heterocycles. The molecule has 1 aromatic carbocycles. The van der Waals surface area contributed by atoms with E-state index in [0.717, 1.165) is 24.3 Å². The molecule has 1 saturated carbocycles. The second-order valence-electron chi connectivity index (χ2n) is 11.7. The maximum absolute atomic E-state index is 13.4. The minimum atomic E-state index is -4.55. The van der Waals surface area contributed by atoms with Gasteiger partial charge in [-0.3, -0.25) is 9.69 Å². The second-order valence-corrected chi connectivity index (χ2v) is 13.6. The largest absolute Gasteiger partial charge is 0.444 e. The highest BCUT2D eigenvalue weighted by atomic mass is 32.2. The Balaban J connectivity index is 1.70. The van der Waals surface area contributed by atoms with E-state index in [4.69, 9.17) is 4.74 Å². The molecule has 2 aliphatic rings. The van der Waals surface area contributed by atoms with Gasteiger partial charge in [-0.15, -0.1) is 0 Å². The van der Waals surface area contributed by atoms with Crippen LogP contribution in [0, 0.1) is 17.8 Å². The third-order valence-electron chi connectivity index (χ3n) is 7.12. The SMILES string of the molecule is CC(C)C[C@@H](C(=O)N[C@@H]1CC[C@@H]2CN(S(=O)(=O)c3ccc(C(F)(F)F)cc3)C[C@@H]21)N(C)C(=O)OC(C)(C)C. The molecular weight excluding hydrogens is 523 g/mol. The lowest BCUT2D eigenvalue weighted by Crippen LogP contribution is -2.52. The second kappa shape index (κ2) is 11.0. The maximum Gasteiger partial charge on any atom is 0.416 e. The van der Waals surface area contributed by atoms with Gasteiger partial charge < -0.3 is 10.1 Å². The van der Waals surface area contributed by atoms with Gasteiger partial charge in [0.25, 0.3) is 0 Å². The Morgan fingerprint density at radius 2 is 1.71 bits per heavy atom. The van der Waals surface area contributed by atoms with E-state index >= 15 is 0 Å². The normalized spacial score (nSPS) is 23.3. The standard InChI is InChI=1S/C26H38F3N3O5S/c1-16(2)13-22(31(6)24(34)37-25(3,4)5)23(33)30-21-12-7-17-14-32(15-20(17)21)38(35,36)19-10-8-18(9-11-19)26(27,28)29/h8-11,16-17,20-22H,7,12-15H2,1-6H3,(H,30,33)/t17-,20+,21-,22+/m1/s1. The van der Waals surface area contributed by atoms with Crippen molar-refractivity contribution >= 4 is 22.0 Å². The first kappa shape index (κ1) is 30.2. The van der Waals surface area contributed by atoms with Crippen LogP contribution in [0.4, 0.5) is 18.0 Å². The first-order valence-corrected chi connectivity index (χ1v) is 14.3. The molecule has 1 saturated heterocycles. The number of hydrogen-bond acceptors (Lipinski definition) is 5. The highest BCUT2D eigenvalue weighted by Crippen LogP contribution is 2.40. The van der Waals surface area contributed by atoms with Crippen molar-refractivity contribution in [3.8, 4) is 0 Å². The predicted molar refractivity (Wildman–Crippen MR) is 136 cm³/mol. The van der Waals surface area contributed by atoms with Crippen LogP contribution in [0.25, 0.3) is 0 Å². The topological polar surface area (TPSA) is 96.0 Å². The van der Waals surface area contributed by atoms with Gasteiger partial charge in [-0.25, -0.2) is 13.2 Å². The number of ether oxygens (including phenoxy) is 1. The van der Waals surface area contributed by atoms with Crippen molar-refractivity contribution in [3.05, 3.63) is 29.8 Å². The van der Waals surface area contributed by atoms with Gasteiger partial charge in [0.05, 0.1) is 10.5 Å². The van der Waals surface area contributed by atoms with Gasteiger partial charge in [-0.1, -0.05) is 13.8 Å². The third kappa shape index (κ3) is 6.99. The Morgan fingerprint density at radius 3 is 2.24 bits per heavy atom. The van der Waals surface area contributed by atoms with E-state index in [0.29, 0.717) is 19.3 Å². The van der Waals surface area contributed by atoms with Crippen molar-refractivity contribution in [2.24, 2.45) is 17.8 Å². The monoisotopic (exact) mass is 561 g/mol. The Hall–Kier alpha value is -2.34. The number of carbonyl (C=O) groups excluding carboxylic acids is 2. The number of halogens is 3. The molecule has 0 bridgehead atoms. The summed E-state index contributed by atoms with van der Waals surface area (Å²) in [4.78, 5) is 27.1. The van der Waals surface area contributed by atoms with Crippen LogP contribution in [0.5, 0.6) is 0 Å². The van der Waals surface area contributed by atoms with Crippen molar-refractivity contribution in [2.75, 3.05) is 20.1 Å². The van der Waals surface area contributed by atoms with E-state index < -0.39 is 39.5 Å². The molecule has 0 aromatic heterocycles. The lowest BCUT2D eigenvalue weighted by Gasteiger charge is -2.32. The molecular formula is C26H38F3N3O5S. The summed E-state index contributed by atoms with van der Waals surface area (Å²) in [5.74, 6) is -0.295. The van der Waals surface area contributed by atoms with Gasteiger partial charge in [0.2, 0.25) is 15.9 Å². The molecule has 4 atom stereocenters. The van der Waals surface area contributed by atoms with Gasteiger partial charge in [0, 0.05) is 26.2 Å². The number of carbonyl (C=O) groups is 2. The number of benzene rings is 1. The van der Waals surface area contributed by atoms with Gasteiger partial charge in [-0.2, -0.15) is 17.5 Å². The zero-order chi connectivity index (χ0) is 28.6. The molecule has 0 radical (unpaired) electrons. The van der Waals surface area contributed by atoms with Gasteiger partial charge in [0.1, 0.15) is 11.6 Å². The van der Waals surface area contributed by atoms with Crippen LogP contribution in [0.15, 0.2) is 29.2 Å². The Labute approximate surface area is 222 Å². The van der Waals surface area contributed by atoms with Crippen molar-refractivity contribution < 1.29 is 35.9 Å². The molecule has 214 valence electrons. The summed E-state index contributed by atoms with van der Waals surface area (Å²) in [5.41, 5.74) is -1.63. The average Bonchev–Trinajstić information content (AvgIpc) is 3.37. The Morgan fingerprint density at radius 1 is 1.11 bits per heavy atom. The van der Waals surface area contributed by atoms with Crippen LogP contribution >= 0.6 is 0 Å². The summed E-state index contributed by atoms with van der Waals surface area (Å²) < 4.78 is 71.7. The molecule has 2 amide bonds. The smallest absolute Gasteiger partial charge is 0.416 e. The van der Waals surface area contributed by atoms with E-state index in [2.05, 4.69) is 5.32 Å². The molecule has 3 rings (SSSR count). The minimum Gasteiger partial charge on any atom is -0.444 e. The highest BCUT2D eigenvalue weighted by Gasteiger charge is 2.47. The van der Waals surface area contributed by atoms with Crippen LogP contribution in [-0.4, -0.2) is 67.4 Å². The number of fused-ring (bicyclic) bond motifs is 1. The summed E-state index contributed by atoms with van der Waals surface area (Å²) in [6.45, 7) is 9.56. The fourth-order valence-electron chi connectivity index (χ4n) is 5.19.